The number of carbonyl (C=O) groups is 1. The quantitative estimate of drug-likeness (QED) is 0.713. The summed E-state index contributed by atoms with van der Waals surface area (Å²) in [4.78, 5) is 11.8. The molecule has 126 valence electrons. The molecule has 0 aliphatic rings. The molecule has 0 radical (unpaired) electrons. The van der Waals surface area contributed by atoms with Gasteiger partial charge < -0.3 is 15.2 Å². The Morgan fingerprint density at radius 3 is 2.10 bits per heavy atom. The molecule has 4 heteroatoms. The van der Waals surface area contributed by atoms with Gasteiger partial charge in [-0.15, -0.1) is 0 Å². The fourth-order valence-electron chi connectivity index (χ4n) is 2.50. The van der Waals surface area contributed by atoms with Crippen LogP contribution in [0.15, 0.2) is 0 Å². The second-order valence-corrected chi connectivity index (χ2v) is 8.04. The first kappa shape index (κ1) is 20.2. The average molecular weight is 301 g/mol. The maximum Gasteiger partial charge on any atom is 0.407 e. The zero-order valence-corrected chi connectivity index (χ0v) is 15.0. The molecule has 2 N–H and O–H groups in total. The van der Waals surface area contributed by atoms with Gasteiger partial charge in [-0.05, 0) is 45.4 Å². The van der Waals surface area contributed by atoms with Crippen molar-refractivity contribution in [1.29, 1.82) is 0 Å². The van der Waals surface area contributed by atoms with Crippen LogP contribution in [0, 0.1) is 17.3 Å². The first-order valence-corrected chi connectivity index (χ1v) is 8.07. The van der Waals surface area contributed by atoms with Crippen molar-refractivity contribution in [2.45, 2.75) is 73.3 Å². The first-order valence-electron chi connectivity index (χ1n) is 8.07. The Kier molecular flexibility index (Phi) is 8.30. The minimum atomic E-state index is -0.498. The fourth-order valence-corrected chi connectivity index (χ4v) is 2.50. The standard InChI is InChI=1S/C17H35NO3/c1-13(2)8-9-17(12-19,10-14(3)4)11-18-15(20)21-16(5,6)7/h13-14,19H,8-12H2,1-7H3,(H,18,20). The van der Waals surface area contributed by atoms with Crippen molar-refractivity contribution in [2.24, 2.45) is 17.3 Å². The van der Waals surface area contributed by atoms with Gasteiger partial charge in [0.2, 0.25) is 0 Å². The van der Waals surface area contributed by atoms with Gasteiger partial charge in [0.15, 0.2) is 0 Å². The van der Waals surface area contributed by atoms with Crippen molar-refractivity contribution in [3.05, 3.63) is 0 Å². The molecule has 21 heavy (non-hydrogen) atoms. The van der Waals surface area contributed by atoms with Crippen molar-refractivity contribution in [3.63, 3.8) is 0 Å². The molecule has 0 aromatic carbocycles. The molecule has 0 saturated carbocycles. The molecule has 0 fully saturated rings. The number of rotatable bonds is 8. The highest BCUT2D eigenvalue weighted by atomic mass is 16.6. The monoisotopic (exact) mass is 301 g/mol. The van der Waals surface area contributed by atoms with E-state index in [9.17, 15) is 9.90 Å². The van der Waals surface area contributed by atoms with E-state index in [1.807, 2.05) is 20.8 Å². The van der Waals surface area contributed by atoms with Gasteiger partial charge in [0.25, 0.3) is 0 Å². The molecule has 0 aliphatic heterocycles. The van der Waals surface area contributed by atoms with Gasteiger partial charge in [-0.1, -0.05) is 34.1 Å². The molecule has 4 nitrogen and oxygen atoms in total. The molecule has 1 amide bonds. The third-order valence-electron chi connectivity index (χ3n) is 3.44. The highest BCUT2D eigenvalue weighted by Crippen LogP contribution is 2.32. The zero-order chi connectivity index (χ0) is 16.7. The second-order valence-electron chi connectivity index (χ2n) is 8.04. The second kappa shape index (κ2) is 8.62. The summed E-state index contributed by atoms with van der Waals surface area (Å²) in [5.41, 5.74) is -0.753. The Labute approximate surface area is 130 Å². The number of ether oxygens (including phenoxy) is 1. The Morgan fingerprint density at radius 2 is 1.71 bits per heavy atom. The van der Waals surface area contributed by atoms with Crippen LogP contribution < -0.4 is 5.32 Å². The van der Waals surface area contributed by atoms with Gasteiger partial charge in [-0.3, -0.25) is 0 Å². The van der Waals surface area contributed by atoms with Crippen molar-refractivity contribution < 1.29 is 14.6 Å². The molecular weight excluding hydrogens is 266 g/mol. The summed E-state index contributed by atoms with van der Waals surface area (Å²) in [6.07, 6.45) is 2.44. The molecule has 0 bridgehead atoms. The smallest absolute Gasteiger partial charge is 0.407 e. The van der Waals surface area contributed by atoms with Crippen molar-refractivity contribution in [1.82, 2.24) is 5.32 Å². The summed E-state index contributed by atoms with van der Waals surface area (Å²) < 4.78 is 5.28. The molecule has 0 aromatic rings. The number of aliphatic hydroxyl groups excluding tert-OH is 1. The lowest BCUT2D eigenvalue weighted by Crippen LogP contribution is -2.43. The number of hydrogen-bond donors (Lipinski definition) is 2. The third kappa shape index (κ3) is 9.72. The molecule has 1 unspecified atom stereocenters. The summed E-state index contributed by atoms with van der Waals surface area (Å²) in [7, 11) is 0. The van der Waals surface area contributed by atoms with Crippen molar-refractivity contribution in [3.8, 4) is 0 Å². The highest BCUT2D eigenvalue weighted by Gasteiger charge is 2.31. The normalized spacial score (nSPS) is 15.1. The van der Waals surface area contributed by atoms with Crippen LogP contribution in [0.5, 0.6) is 0 Å². The lowest BCUT2D eigenvalue weighted by Gasteiger charge is -2.34. The van der Waals surface area contributed by atoms with Gasteiger partial charge in [0, 0.05) is 12.0 Å². The average Bonchev–Trinajstić information content (AvgIpc) is 2.30. The molecular formula is C17H35NO3. The summed E-state index contributed by atoms with van der Waals surface area (Å²) in [5, 5.41) is 12.7. The minimum Gasteiger partial charge on any atom is -0.444 e. The van der Waals surface area contributed by atoms with E-state index in [1.54, 1.807) is 0 Å². The molecule has 0 spiro atoms. The van der Waals surface area contributed by atoms with Crippen LogP contribution in [0.25, 0.3) is 0 Å². The maximum absolute atomic E-state index is 11.8. The lowest BCUT2D eigenvalue weighted by atomic mass is 9.76. The van der Waals surface area contributed by atoms with E-state index in [-0.39, 0.29) is 12.0 Å². The zero-order valence-electron chi connectivity index (χ0n) is 15.0. The van der Waals surface area contributed by atoms with E-state index in [4.69, 9.17) is 4.74 Å². The number of nitrogens with one attached hydrogen (secondary N) is 1. The van der Waals surface area contributed by atoms with Crippen molar-refractivity contribution >= 4 is 6.09 Å². The molecule has 1 atom stereocenters. The van der Waals surface area contributed by atoms with Crippen LogP contribution in [0.4, 0.5) is 4.79 Å². The van der Waals surface area contributed by atoms with E-state index >= 15 is 0 Å². The minimum absolute atomic E-state index is 0.0910. The van der Waals surface area contributed by atoms with E-state index in [0.29, 0.717) is 18.4 Å². The van der Waals surface area contributed by atoms with Gasteiger partial charge in [-0.25, -0.2) is 4.79 Å². The van der Waals surface area contributed by atoms with Crippen LogP contribution in [0.3, 0.4) is 0 Å². The molecule has 0 aliphatic carbocycles. The molecule has 0 aromatic heterocycles. The van der Waals surface area contributed by atoms with Crippen molar-refractivity contribution in [2.75, 3.05) is 13.2 Å². The summed E-state index contributed by atoms with van der Waals surface area (Å²) >= 11 is 0. The Morgan fingerprint density at radius 1 is 1.14 bits per heavy atom. The largest absolute Gasteiger partial charge is 0.444 e. The van der Waals surface area contributed by atoms with Crippen LogP contribution in [-0.4, -0.2) is 30.0 Å². The highest BCUT2D eigenvalue weighted by molar-refractivity contribution is 5.67. The lowest BCUT2D eigenvalue weighted by molar-refractivity contribution is 0.0416. The third-order valence-corrected chi connectivity index (χ3v) is 3.44. The van der Waals surface area contributed by atoms with Gasteiger partial charge >= 0.3 is 6.09 Å². The maximum atomic E-state index is 11.8. The Hall–Kier alpha value is -0.770. The fraction of sp³-hybridized carbons (Fsp3) is 0.941. The number of hydrogen-bond acceptors (Lipinski definition) is 3. The number of alkyl carbamates (subject to hydrolysis) is 1. The summed E-state index contributed by atoms with van der Waals surface area (Å²) in [5.74, 6) is 1.06. The number of amides is 1. The topological polar surface area (TPSA) is 58.6 Å². The van der Waals surface area contributed by atoms with E-state index in [2.05, 4.69) is 33.0 Å². The Balaban J connectivity index is 4.68. The molecule has 0 heterocycles. The first-order chi connectivity index (χ1) is 9.49. The molecule has 0 rings (SSSR count). The van der Waals surface area contributed by atoms with Gasteiger partial charge in [0.05, 0.1) is 6.61 Å². The van der Waals surface area contributed by atoms with Crippen LogP contribution >= 0.6 is 0 Å². The number of aliphatic hydroxyl groups is 1. The van der Waals surface area contributed by atoms with E-state index in [1.165, 1.54) is 0 Å². The van der Waals surface area contributed by atoms with Gasteiger partial charge in [0.1, 0.15) is 5.60 Å². The van der Waals surface area contributed by atoms with Crippen LogP contribution in [0.2, 0.25) is 0 Å². The molecule has 0 saturated heterocycles. The predicted octanol–water partition coefficient (Wildman–Crippen LogP) is 3.97. The number of carbonyl (C=O) groups excluding carboxylic acids is 1. The van der Waals surface area contributed by atoms with Crippen LogP contribution in [0.1, 0.15) is 67.7 Å². The van der Waals surface area contributed by atoms with E-state index in [0.717, 1.165) is 19.3 Å². The summed E-state index contributed by atoms with van der Waals surface area (Å²) in [6.45, 7) is 14.7. The summed E-state index contributed by atoms with van der Waals surface area (Å²) in [6, 6.07) is 0. The van der Waals surface area contributed by atoms with Gasteiger partial charge in [-0.2, -0.15) is 0 Å². The predicted molar refractivity (Wildman–Crippen MR) is 87.3 cm³/mol. The SMILES string of the molecule is CC(C)CCC(CO)(CNC(=O)OC(C)(C)C)CC(C)C. The van der Waals surface area contributed by atoms with E-state index < -0.39 is 11.7 Å². The van der Waals surface area contributed by atoms with Crippen LogP contribution in [-0.2, 0) is 4.74 Å². The Bertz CT molecular complexity index is 308.